The summed E-state index contributed by atoms with van der Waals surface area (Å²) in [4.78, 5) is 42.8. The topological polar surface area (TPSA) is 169 Å². The van der Waals surface area contributed by atoms with Crippen LogP contribution >= 0.6 is 0 Å². The molecular weight excluding hydrogens is 432 g/mol. The van der Waals surface area contributed by atoms with Gasteiger partial charge in [0.1, 0.15) is 12.0 Å². The Hall–Kier alpha value is -3.35. The summed E-state index contributed by atoms with van der Waals surface area (Å²) in [6.45, 7) is 2.53. The van der Waals surface area contributed by atoms with E-state index in [2.05, 4.69) is 20.9 Å². The molecule has 0 aromatic carbocycles. The Labute approximate surface area is 188 Å². The maximum absolute atomic E-state index is 13.5. The maximum Gasteiger partial charge on any atom is 0.287 e. The SMILES string of the molecule is COC12C(CO)C3=C(C(=O)C(C)=C(NCCNc4ccc([N+](=O)[O-])cn4)C3=O)N1CC1NC12. The van der Waals surface area contributed by atoms with E-state index in [4.69, 9.17) is 4.74 Å². The predicted molar refractivity (Wildman–Crippen MR) is 115 cm³/mol. The molecule has 0 spiro atoms. The monoisotopic (exact) mass is 456 g/mol. The molecule has 4 aliphatic rings. The number of carbonyl (C=O) groups is 2. The van der Waals surface area contributed by atoms with Crippen LogP contribution < -0.4 is 16.0 Å². The highest BCUT2D eigenvalue weighted by Gasteiger charge is 2.72. The van der Waals surface area contributed by atoms with Gasteiger partial charge in [-0.25, -0.2) is 4.98 Å². The highest BCUT2D eigenvalue weighted by Crippen LogP contribution is 2.55. The average Bonchev–Trinajstić information content (AvgIpc) is 3.42. The number of hydrogen-bond donors (Lipinski definition) is 4. The molecule has 4 unspecified atom stereocenters. The van der Waals surface area contributed by atoms with Gasteiger partial charge in [0.15, 0.2) is 5.72 Å². The number of aliphatic hydroxyl groups is 1. The van der Waals surface area contributed by atoms with Crippen LogP contribution in [0.25, 0.3) is 0 Å². The number of carbonyl (C=O) groups excluding carboxylic acids is 2. The van der Waals surface area contributed by atoms with E-state index >= 15 is 0 Å². The molecule has 4 atom stereocenters. The first-order valence-corrected chi connectivity index (χ1v) is 10.7. The fraction of sp³-hybridized carbons (Fsp3) is 0.476. The van der Waals surface area contributed by atoms with Crippen molar-refractivity contribution >= 4 is 23.1 Å². The number of nitro groups is 1. The van der Waals surface area contributed by atoms with E-state index in [1.807, 2.05) is 4.90 Å². The summed E-state index contributed by atoms with van der Waals surface area (Å²) in [5.41, 5.74) is 0.134. The first kappa shape index (κ1) is 21.5. The zero-order chi connectivity index (χ0) is 23.5. The summed E-state index contributed by atoms with van der Waals surface area (Å²) in [5, 5.41) is 30.3. The highest BCUT2D eigenvalue weighted by atomic mass is 16.6. The largest absolute Gasteiger partial charge is 0.396 e. The van der Waals surface area contributed by atoms with Crippen molar-refractivity contribution in [2.45, 2.75) is 24.7 Å². The fourth-order valence-electron chi connectivity index (χ4n) is 5.33. The Kier molecular flexibility index (Phi) is 4.96. The lowest BCUT2D eigenvalue weighted by molar-refractivity contribution is -0.385. The lowest BCUT2D eigenvalue weighted by Gasteiger charge is -2.39. The van der Waals surface area contributed by atoms with E-state index in [1.165, 1.54) is 12.1 Å². The molecule has 3 aliphatic heterocycles. The predicted octanol–water partition coefficient (Wildman–Crippen LogP) is -0.708. The summed E-state index contributed by atoms with van der Waals surface area (Å²) in [7, 11) is 1.54. The van der Waals surface area contributed by atoms with Crippen molar-refractivity contribution < 1.29 is 24.4 Å². The third-order valence-corrected chi connectivity index (χ3v) is 6.91. The number of aliphatic hydroxyl groups excluding tert-OH is 1. The number of ether oxygens (including phenoxy) is 1. The van der Waals surface area contributed by atoms with Gasteiger partial charge in [-0.05, 0) is 13.0 Å². The van der Waals surface area contributed by atoms with Gasteiger partial charge < -0.3 is 30.7 Å². The number of nitrogens with one attached hydrogen (secondary N) is 3. The smallest absolute Gasteiger partial charge is 0.287 e. The first-order valence-electron chi connectivity index (χ1n) is 10.7. The van der Waals surface area contributed by atoms with Crippen molar-refractivity contribution in [3.63, 3.8) is 0 Å². The van der Waals surface area contributed by atoms with Crippen LogP contribution in [0.15, 0.2) is 40.9 Å². The van der Waals surface area contributed by atoms with Gasteiger partial charge in [-0.3, -0.25) is 19.7 Å². The zero-order valence-corrected chi connectivity index (χ0v) is 18.1. The Morgan fingerprint density at radius 1 is 1.33 bits per heavy atom. The van der Waals surface area contributed by atoms with Crippen molar-refractivity contribution in [3.8, 4) is 0 Å². The number of Topliss-reactive ketones (excluding diaryl/α,β-unsaturated/α-hetero) is 2. The molecule has 0 amide bonds. The molecule has 174 valence electrons. The highest BCUT2D eigenvalue weighted by molar-refractivity contribution is 6.25. The number of hydrogen-bond acceptors (Lipinski definition) is 11. The van der Waals surface area contributed by atoms with Crippen molar-refractivity contribution in [3.05, 3.63) is 51.0 Å². The van der Waals surface area contributed by atoms with E-state index in [-0.39, 0.29) is 41.6 Å². The number of nitrogens with zero attached hydrogens (tertiary/aromatic N) is 3. The summed E-state index contributed by atoms with van der Waals surface area (Å²) in [5.74, 6) is -0.728. The molecular formula is C21H24N6O6. The number of fused-ring (bicyclic) bond motifs is 4. The Morgan fingerprint density at radius 2 is 2.09 bits per heavy atom. The first-order chi connectivity index (χ1) is 15.8. The zero-order valence-electron chi connectivity index (χ0n) is 18.1. The van der Waals surface area contributed by atoms with Crippen LogP contribution in [0.2, 0.25) is 0 Å². The second kappa shape index (κ2) is 7.61. The summed E-state index contributed by atoms with van der Waals surface area (Å²) >= 11 is 0. The number of aromatic nitrogens is 1. The molecule has 2 fully saturated rings. The van der Waals surface area contributed by atoms with Crippen LogP contribution in [0, 0.1) is 16.0 Å². The minimum absolute atomic E-state index is 0.0408. The van der Waals surface area contributed by atoms with E-state index < -0.39 is 16.6 Å². The van der Waals surface area contributed by atoms with E-state index in [0.29, 0.717) is 42.3 Å². The lowest BCUT2D eigenvalue weighted by Crippen LogP contribution is -2.54. The molecule has 4 heterocycles. The molecule has 2 saturated heterocycles. The normalized spacial score (nSPS) is 29.8. The Bertz CT molecular complexity index is 1110. The molecule has 33 heavy (non-hydrogen) atoms. The standard InChI is InChI=1S/C21H24N6O6/c1-10-16(23-6-5-22-14-4-3-11(7-24-14)27(31)32)19(30)15-12(9-28)21(33-2)20-13(25-20)8-26(21)17(15)18(10)29/h3-4,7,12-13,20,23,25,28H,5-6,8-9H2,1-2H3,(H,22,24). The minimum Gasteiger partial charge on any atom is -0.396 e. The van der Waals surface area contributed by atoms with Crippen LogP contribution in [0.1, 0.15) is 6.92 Å². The van der Waals surface area contributed by atoms with Crippen LogP contribution in [-0.4, -0.2) is 82.6 Å². The van der Waals surface area contributed by atoms with E-state index in [9.17, 15) is 24.8 Å². The van der Waals surface area contributed by atoms with Crippen molar-refractivity contribution in [2.75, 3.05) is 38.7 Å². The number of pyridine rings is 1. The fourth-order valence-corrected chi connectivity index (χ4v) is 5.33. The molecule has 1 aromatic rings. The molecule has 0 radical (unpaired) electrons. The second-order valence-corrected chi connectivity index (χ2v) is 8.49. The van der Waals surface area contributed by atoms with Crippen molar-refractivity contribution in [1.29, 1.82) is 0 Å². The second-order valence-electron chi connectivity index (χ2n) is 8.49. The van der Waals surface area contributed by atoms with Gasteiger partial charge in [0.2, 0.25) is 11.6 Å². The van der Waals surface area contributed by atoms with Gasteiger partial charge in [0.05, 0.1) is 34.9 Å². The number of ketones is 2. The molecule has 0 bridgehead atoms. The molecule has 12 nitrogen and oxygen atoms in total. The van der Waals surface area contributed by atoms with Gasteiger partial charge in [-0.1, -0.05) is 0 Å². The number of rotatable bonds is 8. The minimum atomic E-state index is -0.936. The molecule has 1 aliphatic carbocycles. The van der Waals surface area contributed by atoms with Gasteiger partial charge in [0, 0.05) is 50.0 Å². The van der Waals surface area contributed by atoms with Gasteiger partial charge >= 0.3 is 0 Å². The van der Waals surface area contributed by atoms with Gasteiger partial charge in [0.25, 0.3) is 5.69 Å². The Morgan fingerprint density at radius 3 is 2.73 bits per heavy atom. The third-order valence-electron chi connectivity index (χ3n) is 6.91. The van der Waals surface area contributed by atoms with Crippen LogP contribution in [0.4, 0.5) is 11.5 Å². The van der Waals surface area contributed by atoms with Gasteiger partial charge in [-0.15, -0.1) is 0 Å². The number of anilines is 1. The summed E-state index contributed by atoms with van der Waals surface area (Å²) in [6.07, 6.45) is 1.16. The van der Waals surface area contributed by atoms with E-state index in [1.54, 1.807) is 14.0 Å². The number of allylic oxidation sites excluding steroid dienone is 2. The summed E-state index contributed by atoms with van der Waals surface area (Å²) in [6, 6.07) is 2.98. The van der Waals surface area contributed by atoms with Crippen molar-refractivity contribution in [2.24, 2.45) is 5.92 Å². The third kappa shape index (κ3) is 2.98. The van der Waals surface area contributed by atoms with E-state index in [0.717, 1.165) is 6.20 Å². The van der Waals surface area contributed by atoms with Crippen molar-refractivity contribution in [1.82, 2.24) is 20.5 Å². The average molecular weight is 456 g/mol. The van der Waals surface area contributed by atoms with Crippen LogP contribution in [-0.2, 0) is 14.3 Å². The summed E-state index contributed by atoms with van der Waals surface area (Å²) < 4.78 is 5.87. The molecule has 5 rings (SSSR count). The van der Waals surface area contributed by atoms with Gasteiger partial charge in [-0.2, -0.15) is 0 Å². The number of piperazine rings is 1. The molecule has 1 aromatic heterocycles. The number of methoxy groups -OCH3 is 1. The lowest BCUT2D eigenvalue weighted by atomic mass is 9.82. The Balaban J connectivity index is 1.30. The van der Waals surface area contributed by atoms with Crippen LogP contribution in [0.5, 0.6) is 0 Å². The molecule has 4 N–H and O–H groups in total. The quantitative estimate of drug-likeness (QED) is 0.128. The molecule has 12 heteroatoms. The maximum atomic E-state index is 13.5. The molecule has 0 saturated carbocycles. The van der Waals surface area contributed by atoms with Crippen LogP contribution in [0.3, 0.4) is 0 Å².